The first-order chi connectivity index (χ1) is 30.4. The lowest BCUT2D eigenvalue weighted by molar-refractivity contribution is -0.161. The number of phosphoric acid groups is 1. The fraction of sp³-hybridized carbons (Fsp3) is 0.804. The number of furan rings is 2. The number of unbranched alkanes of at least 4 members (excludes halogenated alkanes) is 20. The largest absolute Gasteiger partial charge is 0.472 e. The van der Waals surface area contributed by atoms with Gasteiger partial charge in [0.25, 0.3) is 0 Å². The smallest absolute Gasteiger partial charge is 0.466 e. The third-order valence-electron chi connectivity index (χ3n) is 11.7. The fourth-order valence-corrected chi connectivity index (χ4v) is 8.52. The molecule has 0 saturated carbocycles. The van der Waals surface area contributed by atoms with Crippen molar-refractivity contribution in [3.05, 3.63) is 46.3 Å². The summed E-state index contributed by atoms with van der Waals surface area (Å²) in [5.74, 6) is 3.76. The second kappa shape index (κ2) is 35.8. The molecule has 2 aromatic rings. The van der Waals surface area contributed by atoms with Gasteiger partial charge in [0.1, 0.15) is 29.6 Å². The summed E-state index contributed by atoms with van der Waals surface area (Å²) >= 11 is 0. The lowest BCUT2D eigenvalue weighted by Gasteiger charge is -2.20. The van der Waals surface area contributed by atoms with E-state index in [-0.39, 0.29) is 32.0 Å². The van der Waals surface area contributed by atoms with Crippen molar-refractivity contribution in [1.82, 2.24) is 4.90 Å². The van der Waals surface area contributed by atoms with Gasteiger partial charge in [-0.25, -0.2) is 4.57 Å². The normalized spacial score (nSPS) is 13.1. The molecule has 2 aromatic heterocycles. The van der Waals surface area contributed by atoms with Crippen LogP contribution >= 0.6 is 7.82 Å². The van der Waals surface area contributed by atoms with Crippen molar-refractivity contribution in [3.63, 3.8) is 0 Å². The molecule has 0 aromatic carbocycles. The second-order valence-corrected chi connectivity index (χ2v) is 19.6. The molecule has 0 spiro atoms. The highest BCUT2D eigenvalue weighted by Gasteiger charge is 2.26. The molecule has 0 bridgehead atoms. The number of likely N-dealkylation sites (N-methyl/N-ethyl adjacent to an activating group) is 1. The number of phosphoric ester groups is 1. The predicted molar refractivity (Wildman–Crippen MR) is 254 cm³/mol. The molecule has 1 N–H and O–H groups in total. The number of carbonyl (C=O) groups is 2. The van der Waals surface area contributed by atoms with E-state index in [9.17, 15) is 19.0 Å². The summed E-state index contributed by atoms with van der Waals surface area (Å²) in [6.07, 6.45) is 30.7. The van der Waals surface area contributed by atoms with Gasteiger partial charge < -0.3 is 28.1 Å². The van der Waals surface area contributed by atoms with E-state index in [2.05, 4.69) is 39.8 Å². The molecule has 12 heteroatoms. The Hall–Kier alpha value is -2.43. The maximum Gasteiger partial charge on any atom is 0.472 e. The van der Waals surface area contributed by atoms with Gasteiger partial charge in [0, 0.05) is 45.1 Å². The first-order valence-corrected chi connectivity index (χ1v) is 26.7. The minimum atomic E-state index is -4.38. The number of hydrogen-bond donors (Lipinski definition) is 1. The molecule has 11 nitrogen and oxygen atoms in total. The maximum absolute atomic E-state index is 12.8. The average molecular weight is 908 g/mol. The Morgan fingerprint density at radius 2 is 1.00 bits per heavy atom. The SMILES string of the molecule is CCCCCc1cc(C)c(CCCCCCCCCCCCC(=O)OC[C@H](COP(=O)(O)OCCN(C)C)OC(=O)CCCCCCCCCCc2oc(CCCCC)cc2C)o1. The van der Waals surface area contributed by atoms with Crippen LogP contribution in [0.5, 0.6) is 0 Å². The van der Waals surface area contributed by atoms with Crippen LogP contribution in [0.4, 0.5) is 0 Å². The lowest BCUT2D eigenvalue weighted by Crippen LogP contribution is -2.29. The summed E-state index contributed by atoms with van der Waals surface area (Å²) < 4.78 is 45.9. The number of carbonyl (C=O) groups excluding carboxylic acids is 2. The Bertz CT molecular complexity index is 1500. The van der Waals surface area contributed by atoms with E-state index in [1.165, 1.54) is 113 Å². The van der Waals surface area contributed by atoms with E-state index in [1.54, 1.807) is 0 Å². The highest BCUT2D eigenvalue weighted by molar-refractivity contribution is 7.47. The molecule has 0 saturated heterocycles. The average Bonchev–Trinajstić information content (AvgIpc) is 3.78. The van der Waals surface area contributed by atoms with Gasteiger partial charge in [-0.05, 0) is 89.7 Å². The first kappa shape index (κ1) is 56.7. The molecular weight excluding hydrogens is 818 g/mol. The zero-order chi connectivity index (χ0) is 46.0. The molecule has 63 heavy (non-hydrogen) atoms. The molecule has 364 valence electrons. The molecule has 2 heterocycles. The molecule has 2 rings (SSSR count). The standard InChI is InChI=1S/C51H90NO10P/c1-7-9-25-31-45-39-43(3)48(60-45)33-27-21-17-13-11-12-14-19-23-29-35-50(53)57-41-47(42-59-63(55,56)58-38-37-52(5)6)62-51(54)36-30-24-20-16-15-18-22-28-34-49-44(4)40-46(61-49)32-26-10-8-2/h39-40,47H,7-38,41-42H2,1-6H3,(H,55,56)/t47-/m1/s1. The first-order valence-electron chi connectivity index (χ1n) is 25.2. The number of rotatable bonds is 42. The van der Waals surface area contributed by atoms with Crippen molar-refractivity contribution in [2.24, 2.45) is 0 Å². The van der Waals surface area contributed by atoms with E-state index >= 15 is 0 Å². The maximum atomic E-state index is 12.8. The molecule has 0 radical (unpaired) electrons. The van der Waals surface area contributed by atoms with Crippen LogP contribution in [-0.2, 0) is 58.4 Å². The van der Waals surface area contributed by atoms with E-state index in [4.69, 9.17) is 27.4 Å². The Morgan fingerprint density at radius 3 is 1.44 bits per heavy atom. The Morgan fingerprint density at radius 1 is 0.587 bits per heavy atom. The number of nitrogens with zero attached hydrogens (tertiary/aromatic N) is 1. The van der Waals surface area contributed by atoms with Gasteiger partial charge in [-0.3, -0.25) is 18.6 Å². The third kappa shape index (κ3) is 29.7. The molecular formula is C51H90NO10P. The summed E-state index contributed by atoms with van der Waals surface area (Å²) in [6, 6.07) is 4.44. The van der Waals surface area contributed by atoms with Crippen LogP contribution < -0.4 is 0 Å². The van der Waals surface area contributed by atoms with Gasteiger partial charge in [0.15, 0.2) is 6.10 Å². The van der Waals surface area contributed by atoms with Crippen molar-refractivity contribution < 1.29 is 46.4 Å². The topological polar surface area (TPSA) is 138 Å². The van der Waals surface area contributed by atoms with Crippen LogP contribution in [0, 0.1) is 13.8 Å². The van der Waals surface area contributed by atoms with Crippen molar-refractivity contribution in [2.45, 2.75) is 226 Å². The summed E-state index contributed by atoms with van der Waals surface area (Å²) in [7, 11) is -0.738. The predicted octanol–water partition coefficient (Wildman–Crippen LogP) is 13.7. The van der Waals surface area contributed by atoms with Gasteiger partial charge in [-0.15, -0.1) is 0 Å². The summed E-state index contributed by atoms with van der Waals surface area (Å²) in [6.45, 7) is 8.54. The van der Waals surface area contributed by atoms with Crippen molar-refractivity contribution in [1.29, 1.82) is 0 Å². The van der Waals surface area contributed by atoms with Gasteiger partial charge >= 0.3 is 19.8 Å². The molecule has 0 fully saturated rings. The number of aryl methyl sites for hydroxylation is 6. The van der Waals surface area contributed by atoms with Crippen LogP contribution in [0.3, 0.4) is 0 Å². The van der Waals surface area contributed by atoms with Gasteiger partial charge in [-0.1, -0.05) is 129 Å². The van der Waals surface area contributed by atoms with Crippen molar-refractivity contribution >= 4 is 19.8 Å². The van der Waals surface area contributed by atoms with Gasteiger partial charge in [0.05, 0.1) is 13.2 Å². The molecule has 2 atom stereocenters. The lowest BCUT2D eigenvalue weighted by atomic mass is 10.0. The Kier molecular flexibility index (Phi) is 32.2. The minimum Gasteiger partial charge on any atom is -0.466 e. The van der Waals surface area contributed by atoms with Gasteiger partial charge in [-0.2, -0.15) is 0 Å². The monoisotopic (exact) mass is 908 g/mol. The minimum absolute atomic E-state index is 0.00222. The van der Waals surface area contributed by atoms with Crippen LogP contribution in [0.15, 0.2) is 21.0 Å². The zero-order valence-electron chi connectivity index (χ0n) is 40.8. The van der Waals surface area contributed by atoms with Crippen molar-refractivity contribution in [3.8, 4) is 0 Å². The summed E-state index contributed by atoms with van der Waals surface area (Å²) in [5.41, 5.74) is 2.58. The van der Waals surface area contributed by atoms with Gasteiger partial charge in [0.2, 0.25) is 0 Å². The number of hydrogen-bond acceptors (Lipinski definition) is 10. The van der Waals surface area contributed by atoms with E-state index < -0.39 is 26.5 Å². The Balaban J connectivity index is 1.57. The summed E-state index contributed by atoms with van der Waals surface area (Å²) in [5, 5.41) is 0. The molecule has 0 amide bonds. The van der Waals surface area contributed by atoms with Crippen LogP contribution in [-0.4, -0.2) is 68.3 Å². The van der Waals surface area contributed by atoms with Crippen LogP contribution in [0.25, 0.3) is 0 Å². The highest BCUT2D eigenvalue weighted by atomic mass is 31.2. The number of esters is 2. The van der Waals surface area contributed by atoms with Crippen molar-refractivity contribution in [2.75, 3.05) is 40.5 Å². The molecule has 1 unspecified atom stereocenters. The van der Waals surface area contributed by atoms with Crippen LogP contribution in [0.1, 0.15) is 215 Å². The summed E-state index contributed by atoms with van der Waals surface area (Å²) in [4.78, 5) is 37.3. The molecule has 0 aliphatic carbocycles. The second-order valence-electron chi connectivity index (χ2n) is 18.1. The highest BCUT2D eigenvalue weighted by Crippen LogP contribution is 2.43. The third-order valence-corrected chi connectivity index (χ3v) is 12.7. The zero-order valence-corrected chi connectivity index (χ0v) is 41.7. The van der Waals surface area contributed by atoms with E-state index in [1.807, 2.05) is 19.0 Å². The quantitative estimate of drug-likeness (QED) is 0.0387. The number of ether oxygens (including phenoxy) is 2. The van der Waals surface area contributed by atoms with E-state index in [0.29, 0.717) is 13.0 Å². The van der Waals surface area contributed by atoms with E-state index in [0.717, 1.165) is 94.3 Å². The van der Waals surface area contributed by atoms with Crippen LogP contribution in [0.2, 0.25) is 0 Å². The molecule has 0 aliphatic rings. The Labute approximate surface area is 383 Å². The molecule has 0 aliphatic heterocycles. The fourth-order valence-electron chi connectivity index (χ4n) is 7.78.